The van der Waals surface area contributed by atoms with E-state index in [4.69, 9.17) is 21.1 Å². The molecule has 0 amide bonds. The molecule has 2 rings (SSSR count). The average Bonchev–Trinajstić information content (AvgIpc) is 2.55. The summed E-state index contributed by atoms with van der Waals surface area (Å²) in [5, 5.41) is 0.329. The first kappa shape index (κ1) is 17.6. The van der Waals surface area contributed by atoms with Crippen LogP contribution in [-0.2, 0) is 16.6 Å². The second-order valence-electron chi connectivity index (χ2n) is 4.87. The first-order valence-corrected chi connectivity index (χ1v) is 8.63. The summed E-state index contributed by atoms with van der Waals surface area (Å²) in [6, 6.07) is 11.8. The SMILES string of the molecule is COc1ccccc1CN(C)S(=O)(=O)c1cc(Cl)ccc1OC. The topological polar surface area (TPSA) is 55.8 Å². The first-order valence-electron chi connectivity index (χ1n) is 6.82. The molecule has 124 valence electrons. The van der Waals surface area contributed by atoms with Crippen LogP contribution < -0.4 is 9.47 Å². The summed E-state index contributed by atoms with van der Waals surface area (Å²) >= 11 is 5.93. The quantitative estimate of drug-likeness (QED) is 0.798. The van der Waals surface area contributed by atoms with E-state index in [9.17, 15) is 8.42 Å². The van der Waals surface area contributed by atoms with Gasteiger partial charge in [-0.2, -0.15) is 4.31 Å². The van der Waals surface area contributed by atoms with Crippen molar-refractivity contribution in [3.05, 3.63) is 53.1 Å². The zero-order chi connectivity index (χ0) is 17.0. The summed E-state index contributed by atoms with van der Waals surface area (Å²) in [5.74, 6) is 0.883. The first-order chi connectivity index (χ1) is 10.9. The number of methoxy groups -OCH3 is 2. The van der Waals surface area contributed by atoms with Crippen molar-refractivity contribution in [2.45, 2.75) is 11.4 Å². The third kappa shape index (κ3) is 3.77. The molecule has 7 heteroatoms. The van der Waals surface area contributed by atoms with E-state index in [1.54, 1.807) is 19.2 Å². The number of hydrogen-bond acceptors (Lipinski definition) is 4. The molecule has 0 N–H and O–H groups in total. The van der Waals surface area contributed by atoms with Gasteiger partial charge in [0.2, 0.25) is 10.0 Å². The Morgan fingerprint density at radius 3 is 2.35 bits per heavy atom. The summed E-state index contributed by atoms with van der Waals surface area (Å²) in [5.41, 5.74) is 0.766. The molecule has 0 unspecified atom stereocenters. The highest BCUT2D eigenvalue weighted by Gasteiger charge is 2.26. The molecule has 0 saturated heterocycles. The number of rotatable bonds is 6. The summed E-state index contributed by atoms with van der Waals surface area (Å²) in [7, 11) is 0.711. The maximum Gasteiger partial charge on any atom is 0.246 e. The molecule has 5 nitrogen and oxygen atoms in total. The molecule has 0 bridgehead atoms. The number of hydrogen-bond donors (Lipinski definition) is 0. The van der Waals surface area contributed by atoms with Gasteiger partial charge in [0.15, 0.2) is 0 Å². The molecule has 0 fully saturated rings. The molecular weight excluding hydrogens is 338 g/mol. The average molecular weight is 356 g/mol. The van der Waals surface area contributed by atoms with Crippen LogP contribution in [0.4, 0.5) is 0 Å². The molecule has 0 atom stereocenters. The zero-order valence-electron chi connectivity index (χ0n) is 13.1. The highest BCUT2D eigenvalue weighted by atomic mass is 35.5. The van der Waals surface area contributed by atoms with Gasteiger partial charge >= 0.3 is 0 Å². The van der Waals surface area contributed by atoms with Gasteiger partial charge in [-0.05, 0) is 24.3 Å². The summed E-state index contributed by atoms with van der Waals surface area (Å²) in [6.45, 7) is 0.169. The van der Waals surface area contributed by atoms with Crippen molar-refractivity contribution in [1.82, 2.24) is 4.31 Å². The number of benzene rings is 2. The fourth-order valence-corrected chi connectivity index (χ4v) is 3.74. The molecular formula is C16H18ClNO4S. The molecule has 0 spiro atoms. The van der Waals surface area contributed by atoms with Crippen LogP contribution in [0.25, 0.3) is 0 Å². The van der Waals surface area contributed by atoms with Crippen LogP contribution >= 0.6 is 11.6 Å². The van der Waals surface area contributed by atoms with E-state index in [0.717, 1.165) is 5.56 Å². The lowest BCUT2D eigenvalue weighted by Crippen LogP contribution is -2.27. The van der Waals surface area contributed by atoms with Crippen molar-refractivity contribution < 1.29 is 17.9 Å². The second kappa shape index (κ2) is 7.21. The third-order valence-electron chi connectivity index (χ3n) is 3.40. The van der Waals surface area contributed by atoms with Crippen molar-refractivity contribution in [2.75, 3.05) is 21.3 Å². The Bertz CT molecular complexity index is 792. The molecule has 0 saturated carbocycles. The van der Waals surface area contributed by atoms with E-state index in [-0.39, 0.29) is 17.2 Å². The van der Waals surface area contributed by atoms with Crippen LogP contribution in [0.1, 0.15) is 5.56 Å². The molecule has 0 radical (unpaired) electrons. The lowest BCUT2D eigenvalue weighted by molar-refractivity contribution is 0.391. The summed E-state index contributed by atoms with van der Waals surface area (Å²) < 4.78 is 37.3. The van der Waals surface area contributed by atoms with Gasteiger partial charge in [0.05, 0.1) is 14.2 Å². The van der Waals surface area contributed by atoms with Crippen LogP contribution in [0.2, 0.25) is 5.02 Å². The summed E-state index contributed by atoms with van der Waals surface area (Å²) in [4.78, 5) is 0.0323. The lowest BCUT2D eigenvalue weighted by atomic mass is 10.2. The number of sulfonamides is 1. The summed E-state index contributed by atoms with van der Waals surface area (Å²) in [6.07, 6.45) is 0. The Labute approximate surface area is 141 Å². The molecule has 0 aliphatic carbocycles. The zero-order valence-corrected chi connectivity index (χ0v) is 14.7. The smallest absolute Gasteiger partial charge is 0.246 e. The minimum absolute atomic E-state index is 0.0323. The van der Waals surface area contributed by atoms with E-state index in [1.807, 2.05) is 18.2 Å². The third-order valence-corrected chi connectivity index (χ3v) is 5.46. The molecule has 0 aromatic heterocycles. The van der Waals surface area contributed by atoms with Gasteiger partial charge in [0.1, 0.15) is 16.4 Å². The highest BCUT2D eigenvalue weighted by molar-refractivity contribution is 7.89. The van der Waals surface area contributed by atoms with Gasteiger partial charge < -0.3 is 9.47 Å². The minimum atomic E-state index is -3.76. The number of halogens is 1. The number of nitrogens with zero attached hydrogens (tertiary/aromatic N) is 1. The predicted octanol–water partition coefficient (Wildman–Crippen LogP) is 3.18. The van der Waals surface area contributed by atoms with Crippen molar-refractivity contribution in [1.29, 1.82) is 0 Å². The second-order valence-corrected chi connectivity index (χ2v) is 7.32. The van der Waals surface area contributed by atoms with Gasteiger partial charge in [-0.15, -0.1) is 0 Å². The van der Waals surface area contributed by atoms with Gasteiger partial charge in [0.25, 0.3) is 0 Å². The molecule has 2 aromatic rings. The van der Waals surface area contributed by atoms with Gasteiger partial charge in [0, 0.05) is 24.2 Å². The van der Waals surface area contributed by atoms with Gasteiger partial charge in [-0.1, -0.05) is 29.8 Å². The largest absolute Gasteiger partial charge is 0.496 e. The molecule has 2 aromatic carbocycles. The van der Waals surface area contributed by atoms with Gasteiger partial charge in [-0.3, -0.25) is 0 Å². The number of ether oxygens (including phenoxy) is 2. The maximum atomic E-state index is 12.8. The van der Waals surface area contributed by atoms with Crippen LogP contribution in [0.3, 0.4) is 0 Å². The number of para-hydroxylation sites is 1. The molecule has 0 aliphatic rings. The minimum Gasteiger partial charge on any atom is -0.496 e. The van der Waals surface area contributed by atoms with Crippen LogP contribution in [0.5, 0.6) is 11.5 Å². The Kier molecular flexibility index (Phi) is 5.51. The molecule has 23 heavy (non-hydrogen) atoms. The van der Waals surface area contributed by atoms with Gasteiger partial charge in [-0.25, -0.2) is 8.42 Å². The Balaban J connectivity index is 2.38. The fraction of sp³-hybridized carbons (Fsp3) is 0.250. The maximum absolute atomic E-state index is 12.8. The Morgan fingerprint density at radius 1 is 1.04 bits per heavy atom. The Hall–Kier alpha value is -1.76. The molecule has 0 aliphatic heterocycles. The van der Waals surface area contributed by atoms with E-state index in [0.29, 0.717) is 10.8 Å². The van der Waals surface area contributed by atoms with Crippen LogP contribution in [0.15, 0.2) is 47.4 Å². The van der Waals surface area contributed by atoms with E-state index < -0.39 is 10.0 Å². The predicted molar refractivity (Wildman–Crippen MR) is 89.7 cm³/mol. The fourth-order valence-electron chi connectivity index (χ4n) is 2.18. The Morgan fingerprint density at radius 2 is 1.70 bits per heavy atom. The monoisotopic (exact) mass is 355 g/mol. The highest BCUT2D eigenvalue weighted by Crippen LogP contribution is 2.30. The molecule has 0 heterocycles. The van der Waals surface area contributed by atoms with E-state index >= 15 is 0 Å². The lowest BCUT2D eigenvalue weighted by Gasteiger charge is -2.20. The van der Waals surface area contributed by atoms with Crippen LogP contribution in [0, 0.1) is 0 Å². The van der Waals surface area contributed by atoms with Crippen molar-refractivity contribution in [2.24, 2.45) is 0 Å². The van der Waals surface area contributed by atoms with Crippen molar-refractivity contribution >= 4 is 21.6 Å². The van der Waals surface area contributed by atoms with Crippen LogP contribution in [-0.4, -0.2) is 34.0 Å². The van der Waals surface area contributed by atoms with Crippen molar-refractivity contribution in [3.63, 3.8) is 0 Å². The van der Waals surface area contributed by atoms with E-state index in [1.165, 1.54) is 30.6 Å². The standard InChI is InChI=1S/C16H18ClNO4S/c1-18(11-12-6-4-5-7-14(12)21-2)23(19,20)16-10-13(17)8-9-15(16)22-3/h4-10H,11H2,1-3H3. The van der Waals surface area contributed by atoms with Crippen molar-refractivity contribution in [3.8, 4) is 11.5 Å². The van der Waals surface area contributed by atoms with E-state index in [2.05, 4.69) is 0 Å². The normalized spacial score (nSPS) is 11.5.